The average Bonchev–Trinajstić information content (AvgIpc) is 2.81. The van der Waals surface area contributed by atoms with Crippen LogP contribution in [0.3, 0.4) is 0 Å². The Balaban J connectivity index is 2.25. The highest BCUT2D eigenvalue weighted by Gasteiger charge is 2.20. The lowest BCUT2D eigenvalue weighted by Crippen LogP contribution is -2.39. The zero-order valence-corrected chi connectivity index (χ0v) is 11.7. The quantitative estimate of drug-likeness (QED) is 0.483. The Labute approximate surface area is 113 Å². The highest BCUT2D eigenvalue weighted by Crippen LogP contribution is 2.07. The lowest BCUT2D eigenvalue weighted by Gasteiger charge is -2.20. The maximum absolute atomic E-state index is 11.8. The summed E-state index contributed by atoms with van der Waals surface area (Å²) in [5.41, 5.74) is 0. The third-order valence-electron chi connectivity index (χ3n) is 2.96. The fourth-order valence-electron chi connectivity index (χ4n) is 2.08. The van der Waals surface area contributed by atoms with Crippen LogP contribution in [0, 0.1) is 0 Å². The minimum Gasteiger partial charge on any atom is -0.466 e. The van der Waals surface area contributed by atoms with E-state index in [4.69, 9.17) is 4.74 Å². The van der Waals surface area contributed by atoms with Crippen molar-refractivity contribution in [3.63, 3.8) is 0 Å². The molecule has 6 heteroatoms. The van der Waals surface area contributed by atoms with Gasteiger partial charge in [0.15, 0.2) is 5.78 Å². The first-order valence-corrected chi connectivity index (χ1v) is 6.66. The molecule has 0 saturated carbocycles. The van der Waals surface area contributed by atoms with Crippen LogP contribution in [-0.2, 0) is 19.1 Å². The van der Waals surface area contributed by atoms with E-state index in [0.717, 1.165) is 25.9 Å². The molecular weight excluding hydrogens is 248 g/mol. The van der Waals surface area contributed by atoms with Gasteiger partial charge in [-0.3, -0.25) is 19.3 Å². The van der Waals surface area contributed by atoms with Gasteiger partial charge in [0.2, 0.25) is 5.91 Å². The standard InChI is InChI=1S/C13H22N2O4/c1-3-19-13(18)8-11(16)9-14(2)10-12(17)15-6-4-5-7-15/h3-10H2,1-2H3. The number of ether oxygens (including phenoxy) is 1. The zero-order valence-electron chi connectivity index (χ0n) is 11.7. The molecule has 0 N–H and O–H groups in total. The van der Waals surface area contributed by atoms with E-state index >= 15 is 0 Å². The lowest BCUT2D eigenvalue weighted by atomic mass is 10.2. The minimum atomic E-state index is -0.508. The number of likely N-dealkylation sites (N-methyl/N-ethyl adjacent to an activating group) is 1. The first-order chi connectivity index (χ1) is 9.02. The molecule has 108 valence electrons. The summed E-state index contributed by atoms with van der Waals surface area (Å²) < 4.78 is 4.70. The number of ketones is 1. The second-order valence-corrected chi connectivity index (χ2v) is 4.78. The molecule has 1 fully saturated rings. The molecule has 0 aromatic heterocycles. The molecule has 0 unspecified atom stereocenters. The maximum Gasteiger partial charge on any atom is 0.313 e. The molecule has 0 aromatic rings. The van der Waals surface area contributed by atoms with Crippen molar-refractivity contribution in [3.05, 3.63) is 0 Å². The van der Waals surface area contributed by atoms with Gasteiger partial charge in [0.1, 0.15) is 6.42 Å². The van der Waals surface area contributed by atoms with Crippen molar-refractivity contribution in [2.45, 2.75) is 26.2 Å². The van der Waals surface area contributed by atoms with Crippen molar-refractivity contribution in [2.24, 2.45) is 0 Å². The predicted octanol–water partition coefficient (Wildman–Crippen LogP) is 0.0629. The van der Waals surface area contributed by atoms with Crippen molar-refractivity contribution < 1.29 is 19.1 Å². The number of nitrogens with zero attached hydrogens (tertiary/aromatic N) is 2. The highest BCUT2D eigenvalue weighted by molar-refractivity contribution is 5.96. The Morgan fingerprint density at radius 3 is 2.37 bits per heavy atom. The fraction of sp³-hybridized carbons (Fsp3) is 0.769. The van der Waals surface area contributed by atoms with E-state index in [2.05, 4.69) is 0 Å². The molecule has 0 radical (unpaired) electrons. The predicted molar refractivity (Wildman–Crippen MR) is 69.6 cm³/mol. The van der Waals surface area contributed by atoms with Crippen LogP contribution in [0.4, 0.5) is 0 Å². The average molecular weight is 270 g/mol. The molecule has 0 atom stereocenters. The molecule has 1 saturated heterocycles. The summed E-state index contributed by atoms with van der Waals surface area (Å²) in [6, 6.07) is 0. The van der Waals surface area contributed by atoms with Gasteiger partial charge < -0.3 is 9.64 Å². The summed E-state index contributed by atoms with van der Waals surface area (Å²) in [4.78, 5) is 38.0. The van der Waals surface area contributed by atoms with Crippen LogP contribution in [-0.4, -0.2) is 67.3 Å². The van der Waals surface area contributed by atoms with E-state index in [9.17, 15) is 14.4 Å². The molecule has 6 nitrogen and oxygen atoms in total. The molecule has 19 heavy (non-hydrogen) atoms. The fourth-order valence-corrected chi connectivity index (χ4v) is 2.08. The number of esters is 1. The van der Waals surface area contributed by atoms with Gasteiger partial charge in [0.05, 0.1) is 19.7 Å². The van der Waals surface area contributed by atoms with Crippen LogP contribution in [0.25, 0.3) is 0 Å². The molecule has 0 aliphatic carbocycles. The van der Waals surface area contributed by atoms with Crippen LogP contribution in [0.15, 0.2) is 0 Å². The molecule has 1 heterocycles. The number of likely N-dealkylation sites (tertiary alicyclic amines) is 1. The van der Waals surface area contributed by atoms with Crippen molar-refractivity contribution >= 4 is 17.7 Å². The van der Waals surface area contributed by atoms with Gasteiger partial charge in [-0.25, -0.2) is 0 Å². The van der Waals surface area contributed by atoms with Gasteiger partial charge in [-0.15, -0.1) is 0 Å². The van der Waals surface area contributed by atoms with Crippen LogP contribution in [0.2, 0.25) is 0 Å². The van der Waals surface area contributed by atoms with Gasteiger partial charge >= 0.3 is 5.97 Å². The summed E-state index contributed by atoms with van der Waals surface area (Å²) >= 11 is 0. The van der Waals surface area contributed by atoms with E-state index in [1.807, 2.05) is 4.90 Å². The molecule has 1 aliphatic rings. The van der Waals surface area contributed by atoms with E-state index in [1.165, 1.54) is 0 Å². The molecule has 0 aromatic carbocycles. The molecule has 1 aliphatic heterocycles. The van der Waals surface area contributed by atoms with Crippen LogP contribution in [0.5, 0.6) is 0 Å². The molecular formula is C13H22N2O4. The Kier molecular flexibility index (Phi) is 6.49. The number of hydrogen-bond acceptors (Lipinski definition) is 5. The van der Waals surface area contributed by atoms with Gasteiger partial charge in [0, 0.05) is 13.1 Å². The first-order valence-electron chi connectivity index (χ1n) is 6.66. The topological polar surface area (TPSA) is 66.9 Å². The Bertz CT molecular complexity index is 338. The smallest absolute Gasteiger partial charge is 0.313 e. The third-order valence-corrected chi connectivity index (χ3v) is 2.96. The number of Topliss-reactive ketones (excluding diaryl/α,β-unsaturated/α-hetero) is 1. The lowest BCUT2D eigenvalue weighted by molar-refractivity contribution is -0.145. The summed E-state index contributed by atoms with van der Waals surface area (Å²) in [6.07, 6.45) is 1.88. The minimum absolute atomic E-state index is 0.0453. The summed E-state index contributed by atoms with van der Waals surface area (Å²) in [5.74, 6) is -0.689. The van der Waals surface area contributed by atoms with Gasteiger partial charge in [-0.1, -0.05) is 0 Å². The second-order valence-electron chi connectivity index (χ2n) is 4.78. The maximum atomic E-state index is 11.8. The van der Waals surface area contributed by atoms with Crippen molar-refractivity contribution in [2.75, 3.05) is 39.8 Å². The first kappa shape index (κ1) is 15.6. The van der Waals surface area contributed by atoms with Gasteiger partial charge in [-0.2, -0.15) is 0 Å². The van der Waals surface area contributed by atoms with Crippen molar-refractivity contribution in [1.29, 1.82) is 0 Å². The van der Waals surface area contributed by atoms with Crippen molar-refractivity contribution in [1.82, 2.24) is 9.80 Å². The van der Waals surface area contributed by atoms with E-state index in [0.29, 0.717) is 0 Å². The summed E-state index contributed by atoms with van der Waals surface area (Å²) in [6.45, 7) is 3.90. The van der Waals surface area contributed by atoms with Crippen LogP contribution >= 0.6 is 0 Å². The normalized spacial score (nSPS) is 14.8. The Hall–Kier alpha value is -1.43. The molecule has 0 spiro atoms. The third kappa shape index (κ3) is 5.83. The van der Waals surface area contributed by atoms with E-state index < -0.39 is 5.97 Å². The SMILES string of the molecule is CCOC(=O)CC(=O)CN(C)CC(=O)N1CCCC1. The largest absolute Gasteiger partial charge is 0.466 e. The number of carbonyl (C=O) groups excluding carboxylic acids is 3. The molecule has 0 bridgehead atoms. The summed E-state index contributed by atoms with van der Waals surface area (Å²) in [5, 5.41) is 0. The van der Waals surface area contributed by atoms with Gasteiger partial charge in [0.25, 0.3) is 0 Å². The molecule has 1 amide bonds. The van der Waals surface area contributed by atoms with Crippen molar-refractivity contribution in [3.8, 4) is 0 Å². The van der Waals surface area contributed by atoms with E-state index in [1.54, 1.807) is 18.9 Å². The van der Waals surface area contributed by atoms with Gasteiger partial charge in [-0.05, 0) is 26.8 Å². The monoisotopic (exact) mass is 270 g/mol. The molecule has 1 rings (SSSR count). The Morgan fingerprint density at radius 1 is 1.16 bits per heavy atom. The van der Waals surface area contributed by atoms with Crippen LogP contribution in [0.1, 0.15) is 26.2 Å². The van der Waals surface area contributed by atoms with E-state index in [-0.39, 0.29) is 37.8 Å². The number of hydrogen-bond donors (Lipinski definition) is 0. The zero-order chi connectivity index (χ0) is 14.3. The number of rotatable bonds is 7. The van der Waals surface area contributed by atoms with Crippen LogP contribution < -0.4 is 0 Å². The highest BCUT2D eigenvalue weighted by atomic mass is 16.5. The second kappa shape index (κ2) is 7.89. The summed E-state index contributed by atoms with van der Waals surface area (Å²) in [7, 11) is 1.71. The number of carbonyl (C=O) groups is 3. The number of amides is 1. The Morgan fingerprint density at radius 2 is 1.79 bits per heavy atom.